The number of Topliss-reactive ketones (excluding diaryl/α,β-unsaturated/α-hetero) is 1. The summed E-state index contributed by atoms with van der Waals surface area (Å²) >= 11 is 0. The molecule has 3 rings (SSSR count). The van der Waals surface area contributed by atoms with Gasteiger partial charge in [0, 0.05) is 28.8 Å². The fourth-order valence-electron chi connectivity index (χ4n) is 5.08. The van der Waals surface area contributed by atoms with Crippen LogP contribution in [0.1, 0.15) is 77.5 Å². The van der Waals surface area contributed by atoms with Crippen molar-refractivity contribution in [2.75, 3.05) is 0 Å². The number of H-pyrrole nitrogens is 1. The number of carbonyl (C=O) groups is 1. The number of ketones is 1. The highest BCUT2D eigenvalue weighted by molar-refractivity contribution is 6.11. The molecule has 0 bridgehead atoms. The van der Waals surface area contributed by atoms with Crippen LogP contribution in [-0.4, -0.2) is 21.7 Å². The quantitative estimate of drug-likeness (QED) is 0.879. The number of rotatable bonds is 4. The molecule has 1 atom stereocenters. The van der Waals surface area contributed by atoms with Crippen LogP contribution in [0, 0.1) is 18.3 Å². The first-order valence-electron chi connectivity index (χ1n) is 9.00. The molecule has 2 aliphatic rings. The van der Waals surface area contributed by atoms with Gasteiger partial charge in [0.1, 0.15) is 5.78 Å². The van der Waals surface area contributed by atoms with E-state index in [1.54, 1.807) is 0 Å². The second-order valence-corrected chi connectivity index (χ2v) is 8.22. The molecule has 1 saturated carbocycles. The first-order chi connectivity index (χ1) is 10.8. The Hall–Kier alpha value is -1.45. The molecule has 1 aromatic rings. The zero-order chi connectivity index (χ0) is 16.8. The molecule has 4 nitrogen and oxygen atoms in total. The normalized spacial score (nSPS) is 24.8. The van der Waals surface area contributed by atoms with Gasteiger partial charge in [-0.25, -0.2) is 4.99 Å². The van der Waals surface area contributed by atoms with E-state index in [4.69, 9.17) is 4.99 Å². The Morgan fingerprint density at radius 2 is 1.83 bits per heavy atom. The van der Waals surface area contributed by atoms with Crippen LogP contribution in [0.25, 0.3) is 0 Å². The number of hydrogen-bond donors (Lipinski definition) is 1. The van der Waals surface area contributed by atoms with Gasteiger partial charge in [0.25, 0.3) is 0 Å². The summed E-state index contributed by atoms with van der Waals surface area (Å²) in [5.74, 6) is 1.17. The number of carbonyl (C=O) groups excluding carboxylic acids is 1. The predicted octanol–water partition coefficient (Wildman–Crippen LogP) is 4.65. The van der Waals surface area contributed by atoms with Gasteiger partial charge in [0.15, 0.2) is 5.82 Å². The molecule has 0 amide bonds. The number of nitrogens with one attached hydrogen (secondary N) is 1. The fourth-order valence-corrected chi connectivity index (χ4v) is 5.08. The van der Waals surface area contributed by atoms with Crippen molar-refractivity contribution >= 4 is 17.3 Å². The number of aromatic nitrogens is 2. The molecule has 1 aliphatic heterocycles. The van der Waals surface area contributed by atoms with Crippen molar-refractivity contribution in [1.82, 2.24) is 10.2 Å². The highest BCUT2D eigenvalue weighted by Gasteiger charge is 2.54. The molecule has 4 heteroatoms. The lowest BCUT2D eigenvalue weighted by Gasteiger charge is -2.48. The van der Waals surface area contributed by atoms with E-state index in [0.29, 0.717) is 12.2 Å². The van der Waals surface area contributed by atoms with Crippen LogP contribution in [0.3, 0.4) is 0 Å². The van der Waals surface area contributed by atoms with Gasteiger partial charge in [0.2, 0.25) is 0 Å². The van der Waals surface area contributed by atoms with Crippen molar-refractivity contribution in [3.63, 3.8) is 0 Å². The molecule has 0 spiro atoms. The lowest BCUT2D eigenvalue weighted by molar-refractivity contribution is -0.126. The SMILES string of the molecule is CCCC1(CCC)c2c(n[nH]c2C)N=C2CC(C)(C)CC(=O)C21. The Bertz CT molecular complexity index is 648. The fraction of sp³-hybridized carbons (Fsp3) is 0.737. The molecule has 1 aliphatic carbocycles. The second-order valence-electron chi connectivity index (χ2n) is 8.22. The molecular weight excluding hydrogens is 286 g/mol. The van der Waals surface area contributed by atoms with E-state index in [2.05, 4.69) is 44.8 Å². The maximum Gasteiger partial charge on any atom is 0.177 e. The van der Waals surface area contributed by atoms with Crippen LogP contribution in [0.2, 0.25) is 0 Å². The van der Waals surface area contributed by atoms with Gasteiger partial charge >= 0.3 is 0 Å². The maximum atomic E-state index is 13.1. The summed E-state index contributed by atoms with van der Waals surface area (Å²) in [5, 5.41) is 7.58. The third-order valence-corrected chi connectivity index (χ3v) is 5.59. The minimum Gasteiger partial charge on any atom is -0.299 e. The second kappa shape index (κ2) is 5.57. The van der Waals surface area contributed by atoms with Gasteiger partial charge in [-0.3, -0.25) is 9.89 Å². The average molecular weight is 315 g/mol. The van der Waals surface area contributed by atoms with Gasteiger partial charge in [-0.05, 0) is 31.6 Å². The van der Waals surface area contributed by atoms with Crippen LogP contribution < -0.4 is 0 Å². The molecule has 126 valence electrons. The lowest BCUT2D eigenvalue weighted by Crippen LogP contribution is -2.51. The summed E-state index contributed by atoms with van der Waals surface area (Å²) in [4.78, 5) is 18.0. The smallest absolute Gasteiger partial charge is 0.177 e. The number of hydrogen-bond acceptors (Lipinski definition) is 3. The minimum atomic E-state index is -0.111. The third kappa shape index (κ3) is 2.47. The van der Waals surface area contributed by atoms with E-state index < -0.39 is 0 Å². The number of aromatic amines is 1. The summed E-state index contributed by atoms with van der Waals surface area (Å²) in [6.07, 6.45) is 5.78. The van der Waals surface area contributed by atoms with Crippen LogP contribution in [0.4, 0.5) is 5.82 Å². The minimum absolute atomic E-state index is 0.0133. The van der Waals surface area contributed by atoms with E-state index in [0.717, 1.165) is 49.3 Å². The largest absolute Gasteiger partial charge is 0.299 e. The zero-order valence-corrected chi connectivity index (χ0v) is 15.1. The molecule has 1 unspecified atom stereocenters. The molecule has 23 heavy (non-hydrogen) atoms. The average Bonchev–Trinajstić information content (AvgIpc) is 2.79. The lowest BCUT2D eigenvalue weighted by atomic mass is 9.55. The van der Waals surface area contributed by atoms with E-state index in [1.165, 1.54) is 5.56 Å². The Morgan fingerprint density at radius 1 is 1.17 bits per heavy atom. The van der Waals surface area contributed by atoms with Gasteiger partial charge in [-0.1, -0.05) is 40.5 Å². The standard InChI is InChI=1S/C19H29N3O/c1-6-8-19(9-7-2)15-12(3)21-22-17(15)20-13-10-18(4,5)11-14(23)16(13)19/h16H,6-11H2,1-5H3,(H,21,22). The topological polar surface area (TPSA) is 58.1 Å². The molecule has 0 radical (unpaired) electrons. The summed E-state index contributed by atoms with van der Waals surface area (Å²) in [6, 6.07) is 0. The molecule has 2 heterocycles. The maximum absolute atomic E-state index is 13.1. The first-order valence-corrected chi connectivity index (χ1v) is 9.00. The first kappa shape index (κ1) is 16.4. The van der Waals surface area contributed by atoms with E-state index >= 15 is 0 Å². The van der Waals surface area contributed by atoms with Crippen molar-refractivity contribution in [3.8, 4) is 0 Å². The Kier molecular flexibility index (Phi) is 3.97. The molecule has 0 aromatic carbocycles. The number of fused-ring (bicyclic) bond motifs is 2. The van der Waals surface area contributed by atoms with Crippen molar-refractivity contribution in [3.05, 3.63) is 11.3 Å². The Labute approximate surface area is 139 Å². The van der Waals surface area contributed by atoms with Crippen molar-refractivity contribution in [1.29, 1.82) is 0 Å². The van der Waals surface area contributed by atoms with E-state index in [-0.39, 0.29) is 16.7 Å². The predicted molar refractivity (Wildman–Crippen MR) is 93.4 cm³/mol. The summed E-state index contributed by atoms with van der Waals surface area (Å²) in [5.41, 5.74) is 3.28. The highest BCUT2D eigenvalue weighted by Crippen LogP contribution is 2.54. The van der Waals surface area contributed by atoms with Gasteiger partial charge in [0.05, 0.1) is 5.92 Å². The molecule has 1 aromatic heterocycles. The van der Waals surface area contributed by atoms with E-state index in [1.807, 2.05) is 0 Å². The number of nitrogens with zero attached hydrogens (tertiary/aromatic N) is 2. The van der Waals surface area contributed by atoms with Crippen LogP contribution in [-0.2, 0) is 10.2 Å². The van der Waals surface area contributed by atoms with Crippen molar-refractivity contribution in [2.45, 2.75) is 78.6 Å². The Morgan fingerprint density at radius 3 is 2.43 bits per heavy atom. The third-order valence-electron chi connectivity index (χ3n) is 5.59. The summed E-state index contributed by atoms with van der Waals surface area (Å²) in [6.45, 7) is 10.9. The zero-order valence-electron chi connectivity index (χ0n) is 15.1. The van der Waals surface area contributed by atoms with Gasteiger partial charge in [-0.15, -0.1) is 0 Å². The monoisotopic (exact) mass is 315 g/mol. The molecule has 1 N–H and O–H groups in total. The number of aryl methyl sites for hydroxylation is 1. The summed E-state index contributed by atoms with van der Waals surface area (Å²) in [7, 11) is 0. The van der Waals surface area contributed by atoms with Gasteiger partial charge < -0.3 is 0 Å². The molecular formula is C19H29N3O. The van der Waals surface area contributed by atoms with Crippen LogP contribution in [0.15, 0.2) is 4.99 Å². The molecule has 0 saturated heterocycles. The van der Waals surface area contributed by atoms with E-state index in [9.17, 15) is 4.79 Å². The van der Waals surface area contributed by atoms with Crippen LogP contribution in [0.5, 0.6) is 0 Å². The number of aliphatic imine (C=N–C) groups is 1. The highest BCUT2D eigenvalue weighted by atomic mass is 16.1. The molecule has 1 fully saturated rings. The van der Waals surface area contributed by atoms with Crippen LogP contribution >= 0.6 is 0 Å². The summed E-state index contributed by atoms with van der Waals surface area (Å²) < 4.78 is 0. The van der Waals surface area contributed by atoms with Crippen molar-refractivity contribution in [2.24, 2.45) is 16.3 Å². The van der Waals surface area contributed by atoms with Gasteiger partial charge in [-0.2, -0.15) is 5.10 Å². The van der Waals surface area contributed by atoms with Crippen molar-refractivity contribution < 1.29 is 4.79 Å². The Balaban J connectivity index is 2.22.